The van der Waals surface area contributed by atoms with E-state index in [1.54, 1.807) is 11.8 Å². The first-order valence-electron chi connectivity index (χ1n) is 8.83. The predicted octanol–water partition coefficient (Wildman–Crippen LogP) is 4.99. The molecule has 2 N–H and O–H groups in total. The summed E-state index contributed by atoms with van der Waals surface area (Å²) in [6.07, 6.45) is 4.11. The number of carboxylic acids is 1. The third-order valence-electron chi connectivity index (χ3n) is 3.96. The number of anilines is 1. The minimum absolute atomic E-state index is 0.0508. The van der Waals surface area contributed by atoms with E-state index in [-0.39, 0.29) is 17.6 Å². The van der Waals surface area contributed by atoms with Crippen molar-refractivity contribution >= 4 is 29.3 Å². The maximum Gasteiger partial charge on any atom is 0.304 e. The summed E-state index contributed by atoms with van der Waals surface area (Å²) in [7, 11) is 0. The number of thioether (sulfide) groups is 1. The number of nitrogens with one attached hydrogen (secondary N) is 1. The Morgan fingerprint density at radius 2 is 1.73 bits per heavy atom. The average molecular weight is 372 g/mol. The summed E-state index contributed by atoms with van der Waals surface area (Å²) >= 11 is 1.60. The van der Waals surface area contributed by atoms with E-state index in [0.29, 0.717) is 0 Å². The molecule has 2 aromatic rings. The molecular formula is C21H25NO3S. The van der Waals surface area contributed by atoms with Gasteiger partial charge >= 0.3 is 5.97 Å². The molecule has 0 aromatic heterocycles. The van der Waals surface area contributed by atoms with Crippen molar-refractivity contribution in [2.75, 3.05) is 5.32 Å². The summed E-state index contributed by atoms with van der Waals surface area (Å²) in [5.41, 5.74) is 2.07. The van der Waals surface area contributed by atoms with Crippen LogP contribution in [0.1, 0.15) is 38.2 Å². The van der Waals surface area contributed by atoms with Crippen LogP contribution in [0.15, 0.2) is 59.5 Å². The Hall–Kier alpha value is -2.27. The molecule has 0 fully saturated rings. The van der Waals surface area contributed by atoms with Crippen molar-refractivity contribution in [2.45, 2.75) is 49.2 Å². The second kappa shape index (κ2) is 10.7. The molecule has 4 nitrogen and oxygen atoms in total. The van der Waals surface area contributed by atoms with Gasteiger partial charge in [0, 0.05) is 22.8 Å². The number of carbonyl (C=O) groups excluding carboxylic acids is 1. The Morgan fingerprint density at radius 1 is 1.04 bits per heavy atom. The second-order valence-corrected chi connectivity index (χ2v) is 7.65. The van der Waals surface area contributed by atoms with Crippen LogP contribution in [-0.4, -0.2) is 22.2 Å². The fourth-order valence-electron chi connectivity index (χ4n) is 2.76. The van der Waals surface area contributed by atoms with Crippen molar-refractivity contribution in [1.29, 1.82) is 0 Å². The highest BCUT2D eigenvalue weighted by Gasteiger charge is 2.15. The summed E-state index contributed by atoms with van der Waals surface area (Å²) in [4.78, 5) is 23.3. The predicted molar refractivity (Wildman–Crippen MR) is 107 cm³/mol. The van der Waals surface area contributed by atoms with Crippen LogP contribution in [0, 0.1) is 0 Å². The van der Waals surface area contributed by atoms with E-state index in [9.17, 15) is 14.7 Å². The van der Waals surface area contributed by atoms with E-state index in [1.807, 2.05) is 42.5 Å². The van der Waals surface area contributed by atoms with Gasteiger partial charge in [-0.1, -0.05) is 36.8 Å². The lowest BCUT2D eigenvalue weighted by Gasteiger charge is -2.15. The molecule has 2 rings (SSSR count). The van der Waals surface area contributed by atoms with Crippen LogP contribution < -0.4 is 5.32 Å². The molecule has 0 aliphatic heterocycles. The van der Waals surface area contributed by atoms with Crippen molar-refractivity contribution in [2.24, 2.45) is 0 Å². The molecule has 0 bridgehead atoms. The molecule has 1 atom stereocenters. The average Bonchev–Trinajstić information content (AvgIpc) is 2.60. The summed E-state index contributed by atoms with van der Waals surface area (Å²) in [5.74, 6) is -0.868. The van der Waals surface area contributed by atoms with Crippen LogP contribution in [-0.2, 0) is 16.0 Å². The maximum absolute atomic E-state index is 11.2. The lowest BCUT2D eigenvalue weighted by Crippen LogP contribution is -2.10. The number of benzene rings is 2. The van der Waals surface area contributed by atoms with Crippen LogP contribution in [0.2, 0.25) is 0 Å². The van der Waals surface area contributed by atoms with Gasteiger partial charge in [-0.3, -0.25) is 9.59 Å². The molecule has 0 heterocycles. The van der Waals surface area contributed by atoms with Gasteiger partial charge in [-0.15, -0.1) is 11.8 Å². The molecule has 1 amide bonds. The summed E-state index contributed by atoms with van der Waals surface area (Å²) in [6.45, 7) is 1.47. The Bertz CT molecular complexity index is 701. The van der Waals surface area contributed by atoms with Crippen molar-refractivity contribution in [3.05, 3.63) is 60.2 Å². The summed E-state index contributed by atoms with van der Waals surface area (Å²) in [6, 6.07) is 17.9. The fraction of sp³-hybridized carbons (Fsp3) is 0.333. The van der Waals surface area contributed by atoms with Crippen molar-refractivity contribution in [3.8, 4) is 0 Å². The second-order valence-electron chi connectivity index (χ2n) is 6.27. The Morgan fingerprint density at radius 3 is 2.35 bits per heavy atom. The molecule has 0 spiro atoms. The van der Waals surface area contributed by atoms with Gasteiger partial charge in [-0.2, -0.15) is 0 Å². The van der Waals surface area contributed by atoms with Crippen LogP contribution >= 0.6 is 11.8 Å². The van der Waals surface area contributed by atoms with Gasteiger partial charge in [0.2, 0.25) is 5.91 Å². The zero-order chi connectivity index (χ0) is 18.8. The van der Waals surface area contributed by atoms with Crippen LogP contribution in [0.3, 0.4) is 0 Å². The zero-order valence-corrected chi connectivity index (χ0v) is 15.8. The number of hydrogen-bond acceptors (Lipinski definition) is 3. The topological polar surface area (TPSA) is 66.4 Å². The number of aryl methyl sites for hydroxylation is 1. The Labute approximate surface area is 159 Å². The van der Waals surface area contributed by atoms with Crippen molar-refractivity contribution in [1.82, 2.24) is 0 Å². The minimum atomic E-state index is -0.763. The van der Waals surface area contributed by atoms with Gasteiger partial charge in [0.05, 0.1) is 6.42 Å². The largest absolute Gasteiger partial charge is 0.481 e. The highest BCUT2D eigenvalue weighted by Crippen LogP contribution is 2.30. The maximum atomic E-state index is 11.2. The monoisotopic (exact) mass is 371 g/mol. The van der Waals surface area contributed by atoms with Crippen LogP contribution in [0.4, 0.5) is 5.69 Å². The van der Waals surface area contributed by atoms with E-state index in [2.05, 4.69) is 17.4 Å². The molecule has 1 unspecified atom stereocenters. The smallest absolute Gasteiger partial charge is 0.304 e. The lowest BCUT2D eigenvalue weighted by atomic mass is 10.1. The van der Waals surface area contributed by atoms with Gasteiger partial charge < -0.3 is 10.4 Å². The third kappa shape index (κ3) is 7.74. The fourth-order valence-corrected chi connectivity index (χ4v) is 3.94. The number of carboxylic acid groups (broad SMARTS) is 1. The SMILES string of the molecule is CC(=O)Nc1ccc(SC(CCCCc2ccccc2)CC(=O)O)cc1. The highest BCUT2D eigenvalue weighted by molar-refractivity contribution is 8.00. The molecule has 0 saturated carbocycles. The number of amides is 1. The molecule has 138 valence electrons. The lowest BCUT2D eigenvalue weighted by molar-refractivity contribution is -0.137. The normalized spacial score (nSPS) is 11.7. The molecular weight excluding hydrogens is 346 g/mol. The van der Waals surface area contributed by atoms with E-state index in [4.69, 9.17) is 0 Å². The van der Waals surface area contributed by atoms with E-state index < -0.39 is 5.97 Å². The standard InChI is InChI=1S/C21H25NO3S/c1-16(23)22-18-11-13-19(14-12-18)26-20(15-21(24)25)10-6-5-9-17-7-3-2-4-8-17/h2-4,7-8,11-14,20H,5-6,9-10,15H2,1H3,(H,22,23)(H,24,25). The summed E-state index contributed by atoms with van der Waals surface area (Å²) < 4.78 is 0. The molecule has 0 aliphatic carbocycles. The molecule has 5 heteroatoms. The van der Waals surface area contributed by atoms with E-state index in [1.165, 1.54) is 12.5 Å². The number of aliphatic carboxylic acids is 1. The Balaban J connectivity index is 1.84. The first-order valence-corrected chi connectivity index (χ1v) is 9.71. The van der Waals surface area contributed by atoms with Gasteiger partial charge in [0.1, 0.15) is 0 Å². The van der Waals surface area contributed by atoms with Crippen molar-refractivity contribution < 1.29 is 14.7 Å². The van der Waals surface area contributed by atoms with Gasteiger partial charge in [0.15, 0.2) is 0 Å². The number of hydrogen-bond donors (Lipinski definition) is 2. The molecule has 0 aliphatic rings. The van der Waals surface area contributed by atoms with Gasteiger partial charge in [0.25, 0.3) is 0 Å². The van der Waals surface area contributed by atoms with Crippen LogP contribution in [0.25, 0.3) is 0 Å². The molecule has 2 aromatic carbocycles. The van der Waals surface area contributed by atoms with E-state index in [0.717, 1.165) is 36.3 Å². The quantitative estimate of drug-likeness (QED) is 0.456. The van der Waals surface area contributed by atoms with E-state index >= 15 is 0 Å². The third-order valence-corrected chi connectivity index (χ3v) is 5.24. The van der Waals surface area contributed by atoms with Crippen LogP contribution in [0.5, 0.6) is 0 Å². The number of carbonyl (C=O) groups is 2. The first kappa shape index (κ1) is 20.0. The minimum Gasteiger partial charge on any atom is -0.481 e. The van der Waals surface area contributed by atoms with Gasteiger partial charge in [-0.05, 0) is 49.1 Å². The Kier molecular flexibility index (Phi) is 8.22. The first-order chi connectivity index (χ1) is 12.5. The van der Waals surface area contributed by atoms with Crippen molar-refractivity contribution in [3.63, 3.8) is 0 Å². The molecule has 26 heavy (non-hydrogen) atoms. The van der Waals surface area contributed by atoms with Gasteiger partial charge in [-0.25, -0.2) is 0 Å². The number of unbranched alkanes of at least 4 members (excludes halogenated alkanes) is 1. The summed E-state index contributed by atoms with van der Waals surface area (Å²) in [5, 5.41) is 12.0. The molecule has 0 saturated heterocycles. The zero-order valence-electron chi connectivity index (χ0n) is 15.0. The number of rotatable bonds is 10. The molecule has 0 radical (unpaired) electrons. The highest BCUT2D eigenvalue weighted by atomic mass is 32.2.